The lowest BCUT2D eigenvalue weighted by Crippen LogP contribution is -2.22. The van der Waals surface area contributed by atoms with Crippen molar-refractivity contribution in [2.45, 2.75) is 12.1 Å². The quantitative estimate of drug-likeness (QED) is 0.288. The molecular formula is C22H14BrF3N2. The number of fused-ring (bicyclic) bond motifs is 3. The van der Waals surface area contributed by atoms with Crippen LogP contribution in [0.3, 0.4) is 0 Å². The second kappa shape index (κ2) is 6.14. The molecule has 0 amide bonds. The highest BCUT2D eigenvalue weighted by Gasteiger charge is 2.43. The van der Waals surface area contributed by atoms with Crippen molar-refractivity contribution in [3.05, 3.63) is 82.6 Å². The van der Waals surface area contributed by atoms with Gasteiger partial charge in [-0.25, -0.2) is 0 Å². The van der Waals surface area contributed by atoms with Crippen LogP contribution in [0.5, 0.6) is 0 Å². The fraction of sp³-hybridized carbons (Fsp3) is 0.0909. The summed E-state index contributed by atoms with van der Waals surface area (Å²) in [6.45, 7) is 0. The van der Waals surface area contributed by atoms with Crippen LogP contribution in [0.15, 0.2) is 71.2 Å². The highest BCUT2D eigenvalue weighted by atomic mass is 79.9. The lowest BCUT2D eigenvalue weighted by atomic mass is 10.0. The van der Waals surface area contributed by atoms with E-state index in [9.17, 15) is 13.2 Å². The molecule has 2 N–H and O–H groups in total. The number of alkyl halides is 3. The van der Waals surface area contributed by atoms with E-state index < -0.39 is 12.1 Å². The molecule has 0 aliphatic heterocycles. The third-order valence-corrected chi connectivity index (χ3v) is 5.56. The van der Waals surface area contributed by atoms with Crippen molar-refractivity contribution in [3.63, 3.8) is 0 Å². The summed E-state index contributed by atoms with van der Waals surface area (Å²) in [4.78, 5) is 5.95. The van der Waals surface area contributed by atoms with Crippen LogP contribution in [-0.2, 0) is 0 Å². The molecule has 1 unspecified atom stereocenters. The summed E-state index contributed by atoms with van der Waals surface area (Å²) in [6.07, 6.45) is -4.43. The van der Waals surface area contributed by atoms with Gasteiger partial charge in [0.15, 0.2) is 0 Å². The number of hydrogen-bond acceptors (Lipinski definition) is 0. The van der Waals surface area contributed by atoms with E-state index >= 15 is 0 Å². The van der Waals surface area contributed by atoms with Crippen LogP contribution in [0.25, 0.3) is 32.6 Å². The van der Waals surface area contributed by atoms with Crippen molar-refractivity contribution < 1.29 is 13.2 Å². The molecule has 0 saturated heterocycles. The molecule has 5 rings (SSSR count). The number of aromatic amines is 2. The molecule has 3 aromatic carbocycles. The molecule has 1 atom stereocenters. The molecule has 2 nitrogen and oxygen atoms in total. The predicted molar refractivity (Wildman–Crippen MR) is 110 cm³/mol. The highest BCUT2D eigenvalue weighted by Crippen LogP contribution is 2.41. The first kappa shape index (κ1) is 17.4. The second-order valence-electron chi connectivity index (χ2n) is 6.94. The largest absolute Gasteiger partial charge is 0.402 e. The molecule has 0 aliphatic carbocycles. The molecule has 0 aliphatic rings. The highest BCUT2D eigenvalue weighted by molar-refractivity contribution is 9.10. The van der Waals surface area contributed by atoms with Crippen LogP contribution >= 0.6 is 15.9 Å². The van der Waals surface area contributed by atoms with Gasteiger partial charge < -0.3 is 9.97 Å². The Labute approximate surface area is 166 Å². The molecule has 28 heavy (non-hydrogen) atoms. The Morgan fingerprint density at radius 1 is 0.679 bits per heavy atom. The summed E-state index contributed by atoms with van der Waals surface area (Å²) >= 11 is 3.36. The molecule has 5 aromatic rings. The zero-order valence-corrected chi connectivity index (χ0v) is 16.0. The first-order valence-corrected chi connectivity index (χ1v) is 9.54. The van der Waals surface area contributed by atoms with Crippen LogP contribution in [0, 0.1) is 0 Å². The minimum absolute atomic E-state index is 0.122. The summed E-state index contributed by atoms with van der Waals surface area (Å²) in [7, 11) is 0. The van der Waals surface area contributed by atoms with Gasteiger partial charge in [0.05, 0.1) is 0 Å². The summed E-state index contributed by atoms with van der Waals surface area (Å²) in [6, 6.07) is 20.1. The Bertz CT molecular complexity index is 1280. The van der Waals surface area contributed by atoms with Crippen molar-refractivity contribution in [1.82, 2.24) is 9.97 Å². The molecule has 2 aromatic heterocycles. The Kier molecular flexibility index (Phi) is 3.81. The van der Waals surface area contributed by atoms with Crippen molar-refractivity contribution in [2.75, 3.05) is 0 Å². The smallest absolute Gasteiger partial charge is 0.358 e. The summed E-state index contributed by atoms with van der Waals surface area (Å²) in [5, 5.41) is 3.50. The summed E-state index contributed by atoms with van der Waals surface area (Å²) in [5.41, 5.74) is 1.61. The zero-order chi connectivity index (χ0) is 19.5. The van der Waals surface area contributed by atoms with E-state index in [1.54, 1.807) is 24.3 Å². The number of benzene rings is 3. The van der Waals surface area contributed by atoms with Crippen LogP contribution in [-0.4, -0.2) is 16.1 Å². The number of H-pyrrole nitrogens is 2. The first-order chi connectivity index (χ1) is 13.4. The fourth-order valence-corrected chi connectivity index (χ4v) is 4.16. The maximum absolute atomic E-state index is 14.1. The van der Waals surface area contributed by atoms with Crippen LogP contribution in [0.1, 0.15) is 17.3 Å². The van der Waals surface area contributed by atoms with Gasteiger partial charge in [-0.2, -0.15) is 13.2 Å². The van der Waals surface area contributed by atoms with Crippen molar-refractivity contribution >= 4 is 48.5 Å². The van der Waals surface area contributed by atoms with E-state index in [1.165, 1.54) is 0 Å². The Balaban J connectivity index is 1.70. The minimum atomic E-state index is -4.43. The average Bonchev–Trinajstić information content (AvgIpc) is 3.21. The van der Waals surface area contributed by atoms with Gasteiger partial charge in [-0.05, 0) is 52.6 Å². The van der Waals surface area contributed by atoms with Gasteiger partial charge in [-0.1, -0.05) is 46.3 Å². The average molecular weight is 443 g/mol. The van der Waals surface area contributed by atoms with Gasteiger partial charge in [-0.15, -0.1) is 0 Å². The maximum Gasteiger partial charge on any atom is 0.402 e. The van der Waals surface area contributed by atoms with Gasteiger partial charge in [0.25, 0.3) is 0 Å². The zero-order valence-electron chi connectivity index (χ0n) is 14.4. The molecule has 0 radical (unpaired) electrons. The van der Waals surface area contributed by atoms with Crippen molar-refractivity contribution in [3.8, 4) is 0 Å². The standard InChI is InChI=1S/C22H14BrF3N2/c23-16-6-5-14-9-19(28-18(14)11-16)21(22(24,25)26)20-10-15-7-12-3-1-2-4-13(12)8-17(15)27-20/h1-11,21,27-28H. The van der Waals surface area contributed by atoms with E-state index in [2.05, 4.69) is 25.9 Å². The van der Waals surface area contributed by atoms with Gasteiger partial charge in [0, 0.05) is 32.3 Å². The van der Waals surface area contributed by atoms with Crippen molar-refractivity contribution in [2.24, 2.45) is 0 Å². The van der Waals surface area contributed by atoms with Gasteiger partial charge >= 0.3 is 6.18 Å². The topological polar surface area (TPSA) is 31.6 Å². The molecule has 0 spiro atoms. The van der Waals surface area contributed by atoms with Crippen molar-refractivity contribution in [1.29, 1.82) is 0 Å². The van der Waals surface area contributed by atoms with E-state index in [-0.39, 0.29) is 11.4 Å². The van der Waals surface area contributed by atoms with Gasteiger partial charge in [0.1, 0.15) is 5.92 Å². The van der Waals surface area contributed by atoms with Gasteiger partial charge in [-0.3, -0.25) is 0 Å². The normalized spacial score (nSPS) is 13.6. The summed E-state index contributed by atoms with van der Waals surface area (Å²) < 4.78 is 43.0. The van der Waals surface area contributed by atoms with E-state index in [4.69, 9.17) is 0 Å². The second-order valence-corrected chi connectivity index (χ2v) is 7.86. The molecule has 2 heterocycles. The molecule has 140 valence electrons. The van der Waals surface area contributed by atoms with E-state index in [0.29, 0.717) is 11.0 Å². The number of rotatable bonds is 2. The third-order valence-electron chi connectivity index (χ3n) is 5.06. The van der Waals surface area contributed by atoms with E-state index in [0.717, 1.165) is 26.0 Å². The molecule has 0 bridgehead atoms. The Morgan fingerprint density at radius 3 is 1.96 bits per heavy atom. The van der Waals surface area contributed by atoms with Crippen LogP contribution < -0.4 is 0 Å². The monoisotopic (exact) mass is 442 g/mol. The maximum atomic E-state index is 14.1. The number of hydrogen-bond donors (Lipinski definition) is 2. The Morgan fingerprint density at radius 2 is 1.29 bits per heavy atom. The van der Waals surface area contributed by atoms with Crippen LogP contribution in [0.2, 0.25) is 0 Å². The van der Waals surface area contributed by atoms with E-state index in [1.807, 2.05) is 42.5 Å². The minimum Gasteiger partial charge on any atom is -0.358 e. The number of nitrogens with one attached hydrogen (secondary N) is 2. The fourth-order valence-electron chi connectivity index (χ4n) is 3.80. The van der Waals surface area contributed by atoms with Gasteiger partial charge in [0.2, 0.25) is 0 Å². The molecule has 0 saturated carbocycles. The lowest BCUT2D eigenvalue weighted by Gasteiger charge is -2.18. The SMILES string of the molecule is FC(F)(F)C(c1cc2ccc(Br)cc2[nH]1)c1cc2cc3ccccc3cc2[nH]1. The third kappa shape index (κ3) is 2.88. The summed E-state index contributed by atoms with van der Waals surface area (Å²) in [5.74, 6) is -1.76. The lowest BCUT2D eigenvalue weighted by molar-refractivity contribution is -0.142. The molecule has 6 heteroatoms. The number of aromatic nitrogens is 2. The molecule has 0 fully saturated rings. The van der Waals surface area contributed by atoms with Crippen LogP contribution in [0.4, 0.5) is 13.2 Å². The Hall–Kier alpha value is -2.73. The first-order valence-electron chi connectivity index (χ1n) is 8.75. The number of halogens is 4. The predicted octanol–water partition coefficient (Wildman–Crippen LogP) is 7.26. The molecular weight excluding hydrogens is 429 g/mol.